The van der Waals surface area contributed by atoms with Gasteiger partial charge in [-0.2, -0.15) is 0 Å². The third kappa shape index (κ3) is 2.43. The van der Waals surface area contributed by atoms with E-state index in [1.54, 1.807) is 18.2 Å². The lowest BCUT2D eigenvalue weighted by Gasteiger charge is -2.08. The Morgan fingerprint density at radius 2 is 2.05 bits per heavy atom. The predicted octanol–water partition coefficient (Wildman–Crippen LogP) is 3.79. The van der Waals surface area contributed by atoms with Crippen LogP contribution in [0.4, 0.5) is 4.39 Å². The van der Waals surface area contributed by atoms with Gasteiger partial charge in [0.1, 0.15) is 5.82 Å². The van der Waals surface area contributed by atoms with Crippen LogP contribution in [0.5, 0.6) is 0 Å². The molecule has 3 aromatic rings. The Labute approximate surface area is 123 Å². The van der Waals surface area contributed by atoms with E-state index in [-0.39, 0.29) is 5.56 Å². The molecule has 104 valence electrons. The normalized spacial score (nSPS) is 10.8. The number of benzene rings is 1. The molecule has 0 radical (unpaired) electrons. The van der Waals surface area contributed by atoms with Gasteiger partial charge in [-0.15, -0.1) is 0 Å². The standard InChI is InChI=1S/C15H8ClFN2O2/c16-11-2-1-3-12-14(11)10(15(20)21)5-13(19-12)8-4-9(17)7-18-6-8/h1-7H,(H,20,21). The van der Waals surface area contributed by atoms with Crippen molar-refractivity contribution in [3.05, 3.63) is 59.1 Å². The fourth-order valence-corrected chi connectivity index (χ4v) is 2.38. The first-order valence-electron chi connectivity index (χ1n) is 6.00. The third-order valence-electron chi connectivity index (χ3n) is 3.01. The van der Waals surface area contributed by atoms with Gasteiger partial charge in [-0.3, -0.25) is 4.98 Å². The van der Waals surface area contributed by atoms with Gasteiger partial charge in [0.2, 0.25) is 0 Å². The number of nitrogens with zero attached hydrogens (tertiary/aromatic N) is 2. The van der Waals surface area contributed by atoms with E-state index in [0.717, 1.165) is 6.20 Å². The highest BCUT2D eigenvalue weighted by atomic mass is 35.5. The molecule has 0 unspecified atom stereocenters. The van der Waals surface area contributed by atoms with Crippen LogP contribution in [0, 0.1) is 5.82 Å². The van der Waals surface area contributed by atoms with Crippen molar-refractivity contribution in [3.8, 4) is 11.3 Å². The number of hydrogen-bond donors (Lipinski definition) is 1. The molecule has 0 bridgehead atoms. The molecule has 0 aliphatic rings. The Kier molecular flexibility index (Phi) is 3.27. The van der Waals surface area contributed by atoms with E-state index in [1.165, 1.54) is 18.3 Å². The molecular weight excluding hydrogens is 295 g/mol. The van der Waals surface area contributed by atoms with Crippen LogP contribution in [0.15, 0.2) is 42.7 Å². The third-order valence-corrected chi connectivity index (χ3v) is 3.33. The molecule has 0 saturated heterocycles. The lowest BCUT2D eigenvalue weighted by Crippen LogP contribution is -2.01. The molecule has 0 aliphatic heterocycles. The summed E-state index contributed by atoms with van der Waals surface area (Å²) in [5.41, 5.74) is 1.18. The summed E-state index contributed by atoms with van der Waals surface area (Å²) in [6, 6.07) is 7.55. The molecule has 0 spiro atoms. The number of carboxylic acids is 1. The molecule has 1 N–H and O–H groups in total. The summed E-state index contributed by atoms with van der Waals surface area (Å²) in [4.78, 5) is 19.5. The number of aromatic carboxylic acids is 1. The van der Waals surface area contributed by atoms with Gasteiger partial charge in [0.05, 0.1) is 28.0 Å². The topological polar surface area (TPSA) is 63.1 Å². The number of pyridine rings is 2. The molecule has 3 rings (SSSR count). The SMILES string of the molecule is O=C(O)c1cc(-c2cncc(F)c2)nc2cccc(Cl)c12. The maximum Gasteiger partial charge on any atom is 0.336 e. The van der Waals surface area contributed by atoms with Gasteiger partial charge in [0, 0.05) is 17.1 Å². The van der Waals surface area contributed by atoms with E-state index in [1.807, 2.05) is 0 Å². The van der Waals surface area contributed by atoms with E-state index in [0.29, 0.717) is 27.2 Å². The van der Waals surface area contributed by atoms with E-state index < -0.39 is 11.8 Å². The highest BCUT2D eigenvalue weighted by Crippen LogP contribution is 2.29. The van der Waals surface area contributed by atoms with Crippen molar-refractivity contribution in [2.75, 3.05) is 0 Å². The smallest absolute Gasteiger partial charge is 0.336 e. The monoisotopic (exact) mass is 302 g/mol. The van der Waals surface area contributed by atoms with Gasteiger partial charge in [-0.05, 0) is 24.3 Å². The zero-order chi connectivity index (χ0) is 15.0. The Bertz CT molecular complexity index is 867. The second kappa shape index (κ2) is 5.10. The van der Waals surface area contributed by atoms with E-state index in [2.05, 4.69) is 9.97 Å². The van der Waals surface area contributed by atoms with Crippen LogP contribution >= 0.6 is 11.6 Å². The van der Waals surface area contributed by atoms with E-state index >= 15 is 0 Å². The van der Waals surface area contributed by atoms with Crippen molar-refractivity contribution >= 4 is 28.5 Å². The van der Waals surface area contributed by atoms with Crippen LogP contribution in [-0.4, -0.2) is 21.0 Å². The van der Waals surface area contributed by atoms with E-state index in [4.69, 9.17) is 11.6 Å². The van der Waals surface area contributed by atoms with Gasteiger partial charge in [0.25, 0.3) is 0 Å². The average molecular weight is 303 g/mol. The summed E-state index contributed by atoms with van der Waals surface area (Å²) in [7, 11) is 0. The molecular formula is C15H8ClFN2O2. The predicted molar refractivity (Wildman–Crippen MR) is 76.9 cm³/mol. The van der Waals surface area contributed by atoms with Crippen LogP contribution in [0.2, 0.25) is 5.02 Å². The Hall–Kier alpha value is -2.53. The van der Waals surface area contributed by atoms with Gasteiger partial charge in [0.15, 0.2) is 0 Å². The molecule has 0 aliphatic carbocycles. The summed E-state index contributed by atoms with van der Waals surface area (Å²) in [5, 5.41) is 10.0. The quantitative estimate of drug-likeness (QED) is 0.782. The first-order valence-corrected chi connectivity index (χ1v) is 6.37. The summed E-state index contributed by atoms with van der Waals surface area (Å²) >= 11 is 6.05. The van der Waals surface area contributed by atoms with Crippen molar-refractivity contribution in [2.45, 2.75) is 0 Å². The highest BCUT2D eigenvalue weighted by molar-refractivity contribution is 6.36. The highest BCUT2D eigenvalue weighted by Gasteiger charge is 2.15. The molecule has 2 aromatic heterocycles. The molecule has 21 heavy (non-hydrogen) atoms. The van der Waals surface area contributed by atoms with Gasteiger partial charge >= 0.3 is 5.97 Å². The number of halogens is 2. The second-order valence-corrected chi connectivity index (χ2v) is 4.79. The van der Waals surface area contributed by atoms with Crippen LogP contribution in [-0.2, 0) is 0 Å². The Balaban J connectivity index is 2.34. The molecule has 4 nitrogen and oxygen atoms in total. The van der Waals surface area contributed by atoms with Gasteiger partial charge in [-0.25, -0.2) is 14.2 Å². The van der Waals surface area contributed by atoms with Crippen molar-refractivity contribution in [1.82, 2.24) is 9.97 Å². The van der Waals surface area contributed by atoms with Crippen molar-refractivity contribution in [3.63, 3.8) is 0 Å². The molecule has 2 heterocycles. The number of carboxylic acid groups (broad SMARTS) is 1. The number of hydrogen-bond acceptors (Lipinski definition) is 3. The van der Waals surface area contributed by atoms with Crippen LogP contribution in [0.1, 0.15) is 10.4 Å². The molecule has 1 aromatic carbocycles. The molecule has 0 amide bonds. The Morgan fingerprint density at radius 3 is 2.76 bits per heavy atom. The van der Waals surface area contributed by atoms with Crippen LogP contribution in [0.3, 0.4) is 0 Å². The molecule has 6 heteroatoms. The minimum atomic E-state index is -1.12. The fraction of sp³-hybridized carbons (Fsp3) is 0. The number of aromatic nitrogens is 2. The lowest BCUT2D eigenvalue weighted by molar-refractivity contribution is 0.0699. The minimum Gasteiger partial charge on any atom is -0.478 e. The maximum atomic E-state index is 13.3. The first kappa shape index (κ1) is 13.5. The van der Waals surface area contributed by atoms with Crippen molar-refractivity contribution in [2.24, 2.45) is 0 Å². The first-order chi connectivity index (χ1) is 10.1. The number of rotatable bonds is 2. The van der Waals surface area contributed by atoms with Gasteiger partial charge in [-0.1, -0.05) is 17.7 Å². The summed E-state index contributed by atoms with van der Waals surface area (Å²) in [5.74, 6) is -1.64. The maximum absolute atomic E-state index is 13.3. The van der Waals surface area contributed by atoms with Crippen LogP contribution < -0.4 is 0 Å². The largest absolute Gasteiger partial charge is 0.478 e. The van der Waals surface area contributed by atoms with Crippen molar-refractivity contribution < 1.29 is 14.3 Å². The van der Waals surface area contributed by atoms with Crippen LogP contribution in [0.25, 0.3) is 22.2 Å². The molecule has 0 saturated carbocycles. The fourth-order valence-electron chi connectivity index (χ4n) is 2.11. The Morgan fingerprint density at radius 1 is 1.24 bits per heavy atom. The summed E-state index contributed by atoms with van der Waals surface area (Å²) < 4.78 is 13.3. The summed E-state index contributed by atoms with van der Waals surface area (Å²) in [6.45, 7) is 0. The summed E-state index contributed by atoms with van der Waals surface area (Å²) in [6.07, 6.45) is 2.49. The number of fused-ring (bicyclic) bond motifs is 1. The molecule has 0 atom stereocenters. The zero-order valence-electron chi connectivity index (χ0n) is 10.5. The second-order valence-electron chi connectivity index (χ2n) is 4.39. The number of carbonyl (C=O) groups is 1. The van der Waals surface area contributed by atoms with E-state index in [9.17, 15) is 14.3 Å². The minimum absolute atomic E-state index is 0.0184. The zero-order valence-corrected chi connectivity index (χ0v) is 11.3. The van der Waals surface area contributed by atoms with Crippen molar-refractivity contribution in [1.29, 1.82) is 0 Å². The average Bonchev–Trinajstić information content (AvgIpc) is 2.46. The van der Waals surface area contributed by atoms with Gasteiger partial charge < -0.3 is 5.11 Å². The molecule has 0 fully saturated rings. The lowest BCUT2D eigenvalue weighted by atomic mass is 10.0.